The van der Waals surface area contributed by atoms with Crippen molar-refractivity contribution in [1.29, 1.82) is 0 Å². The van der Waals surface area contributed by atoms with Gasteiger partial charge in [0.15, 0.2) is 0 Å². The predicted molar refractivity (Wildman–Crippen MR) is 84.2 cm³/mol. The van der Waals surface area contributed by atoms with Gasteiger partial charge in [0, 0.05) is 32.1 Å². The first kappa shape index (κ1) is 13.7. The molecule has 22 heavy (non-hydrogen) atoms. The number of nitrogens with one attached hydrogen (secondary N) is 1. The minimum atomic E-state index is 0.285. The van der Waals surface area contributed by atoms with Gasteiger partial charge in [0.1, 0.15) is 5.82 Å². The number of hydrogen-bond donors (Lipinski definition) is 1. The molecular formula is C17H22N4O. The van der Waals surface area contributed by atoms with Crippen LogP contribution in [0.5, 0.6) is 0 Å². The highest BCUT2D eigenvalue weighted by molar-refractivity contribution is 5.77. The molecule has 1 saturated heterocycles. The van der Waals surface area contributed by atoms with Crippen molar-refractivity contribution in [2.75, 3.05) is 13.1 Å². The number of fused-ring (bicyclic) bond motifs is 2. The number of H-pyrrole nitrogens is 1. The first-order valence-corrected chi connectivity index (χ1v) is 8.36. The molecule has 4 rings (SSSR count). The Labute approximate surface area is 130 Å². The number of carbonyl (C=O) groups is 1. The molecule has 1 aliphatic heterocycles. The maximum atomic E-state index is 12.4. The average Bonchev–Trinajstić information content (AvgIpc) is 3.15. The molecule has 2 fully saturated rings. The van der Waals surface area contributed by atoms with Crippen molar-refractivity contribution in [1.82, 2.24) is 19.9 Å². The Balaban J connectivity index is 1.36. The Morgan fingerprint density at radius 3 is 2.77 bits per heavy atom. The van der Waals surface area contributed by atoms with Crippen LogP contribution in [-0.4, -0.2) is 38.8 Å². The summed E-state index contributed by atoms with van der Waals surface area (Å²) in [7, 11) is 0. The number of aryl methyl sites for hydroxylation is 1. The largest absolute Gasteiger partial charge is 0.342 e. The van der Waals surface area contributed by atoms with E-state index in [0.717, 1.165) is 41.8 Å². The van der Waals surface area contributed by atoms with Gasteiger partial charge >= 0.3 is 0 Å². The van der Waals surface area contributed by atoms with Crippen LogP contribution in [0.3, 0.4) is 0 Å². The Bertz CT molecular complexity index is 633. The van der Waals surface area contributed by atoms with Gasteiger partial charge < -0.3 is 9.88 Å². The summed E-state index contributed by atoms with van der Waals surface area (Å²) in [6, 6.07) is 1.89. The zero-order chi connectivity index (χ0) is 14.9. The van der Waals surface area contributed by atoms with E-state index in [1.165, 1.54) is 25.7 Å². The number of aromatic nitrogens is 3. The highest BCUT2D eigenvalue weighted by Gasteiger charge is 2.36. The number of imidazole rings is 1. The second-order valence-corrected chi connectivity index (χ2v) is 6.68. The van der Waals surface area contributed by atoms with Gasteiger partial charge in [-0.2, -0.15) is 0 Å². The van der Waals surface area contributed by atoms with Crippen LogP contribution in [-0.2, 0) is 11.2 Å². The summed E-state index contributed by atoms with van der Waals surface area (Å²) in [4.78, 5) is 26.4. The molecule has 1 amide bonds. The van der Waals surface area contributed by atoms with E-state index in [1.807, 2.05) is 6.07 Å². The molecule has 116 valence electrons. The lowest BCUT2D eigenvalue weighted by Crippen LogP contribution is -2.29. The van der Waals surface area contributed by atoms with Gasteiger partial charge in [-0.3, -0.25) is 9.78 Å². The second-order valence-electron chi connectivity index (χ2n) is 6.68. The average molecular weight is 298 g/mol. The number of pyridine rings is 1. The van der Waals surface area contributed by atoms with Crippen LogP contribution in [0.25, 0.3) is 11.0 Å². The first-order chi connectivity index (χ1) is 10.8. The molecule has 2 aliphatic rings. The summed E-state index contributed by atoms with van der Waals surface area (Å²) in [5.74, 6) is 2.69. The molecule has 1 aliphatic carbocycles. The number of rotatable bonds is 3. The quantitative estimate of drug-likeness (QED) is 0.947. The Morgan fingerprint density at radius 1 is 1.27 bits per heavy atom. The third kappa shape index (κ3) is 2.60. The van der Waals surface area contributed by atoms with Gasteiger partial charge in [-0.25, -0.2) is 4.98 Å². The molecule has 1 saturated carbocycles. The van der Waals surface area contributed by atoms with Crippen LogP contribution in [0.4, 0.5) is 0 Å². The Kier molecular flexibility index (Phi) is 3.56. The van der Waals surface area contributed by atoms with Crippen LogP contribution >= 0.6 is 0 Å². The topological polar surface area (TPSA) is 61.9 Å². The zero-order valence-electron chi connectivity index (χ0n) is 12.8. The Hall–Kier alpha value is -1.91. The van der Waals surface area contributed by atoms with Crippen molar-refractivity contribution in [3.63, 3.8) is 0 Å². The second kappa shape index (κ2) is 5.71. The molecule has 2 atom stereocenters. The van der Waals surface area contributed by atoms with Gasteiger partial charge in [-0.15, -0.1) is 0 Å². The van der Waals surface area contributed by atoms with Gasteiger partial charge in [-0.05, 0) is 30.7 Å². The molecule has 1 N–H and O–H groups in total. The van der Waals surface area contributed by atoms with Crippen LogP contribution in [0, 0.1) is 11.8 Å². The van der Waals surface area contributed by atoms with Crippen molar-refractivity contribution < 1.29 is 4.79 Å². The van der Waals surface area contributed by atoms with Crippen molar-refractivity contribution in [2.24, 2.45) is 11.8 Å². The molecule has 2 aromatic rings. The van der Waals surface area contributed by atoms with Gasteiger partial charge in [0.25, 0.3) is 0 Å². The maximum absolute atomic E-state index is 12.4. The number of hydrogen-bond acceptors (Lipinski definition) is 3. The van der Waals surface area contributed by atoms with Gasteiger partial charge in [0.05, 0.1) is 17.2 Å². The predicted octanol–water partition coefficient (Wildman–Crippen LogP) is 2.54. The number of nitrogens with zero attached hydrogens (tertiary/aromatic N) is 3. The Morgan fingerprint density at radius 2 is 2.05 bits per heavy atom. The van der Waals surface area contributed by atoms with Gasteiger partial charge in [0.2, 0.25) is 5.91 Å². The van der Waals surface area contributed by atoms with E-state index in [9.17, 15) is 4.79 Å². The molecule has 2 aromatic heterocycles. The molecule has 5 nitrogen and oxygen atoms in total. The zero-order valence-corrected chi connectivity index (χ0v) is 12.8. The van der Waals surface area contributed by atoms with Crippen molar-refractivity contribution in [2.45, 2.75) is 38.5 Å². The maximum Gasteiger partial charge on any atom is 0.223 e. The minimum Gasteiger partial charge on any atom is -0.342 e. The minimum absolute atomic E-state index is 0.285. The standard InChI is InChI=1S/C17H22N4O/c22-17(21-10-12-3-1-2-4-13(12)11-21)6-5-16-19-14-7-8-18-9-15(14)20-16/h7-9,12-13H,1-6,10-11H2,(H,19,20). The fraction of sp³-hybridized carbons (Fsp3) is 0.588. The number of carbonyl (C=O) groups excluding carboxylic acids is 1. The van der Waals surface area contributed by atoms with Crippen LogP contribution in [0.15, 0.2) is 18.5 Å². The molecule has 0 bridgehead atoms. The molecular weight excluding hydrogens is 276 g/mol. The lowest BCUT2D eigenvalue weighted by atomic mass is 9.82. The summed E-state index contributed by atoms with van der Waals surface area (Å²) in [5, 5.41) is 0. The van der Waals surface area contributed by atoms with Crippen LogP contribution in [0.1, 0.15) is 37.9 Å². The van der Waals surface area contributed by atoms with Crippen molar-refractivity contribution in [3.05, 3.63) is 24.3 Å². The van der Waals surface area contributed by atoms with E-state index in [1.54, 1.807) is 12.4 Å². The monoisotopic (exact) mass is 298 g/mol. The molecule has 5 heteroatoms. The van der Waals surface area contributed by atoms with E-state index in [-0.39, 0.29) is 5.91 Å². The number of aromatic amines is 1. The first-order valence-electron chi connectivity index (χ1n) is 8.36. The van der Waals surface area contributed by atoms with E-state index in [0.29, 0.717) is 12.8 Å². The fourth-order valence-corrected chi connectivity index (χ4v) is 4.02. The number of amides is 1. The van der Waals surface area contributed by atoms with E-state index < -0.39 is 0 Å². The lowest BCUT2D eigenvalue weighted by Gasteiger charge is -2.22. The molecule has 0 radical (unpaired) electrons. The summed E-state index contributed by atoms with van der Waals surface area (Å²) < 4.78 is 0. The van der Waals surface area contributed by atoms with Crippen molar-refractivity contribution >= 4 is 16.9 Å². The van der Waals surface area contributed by atoms with Crippen LogP contribution in [0.2, 0.25) is 0 Å². The smallest absolute Gasteiger partial charge is 0.223 e. The van der Waals surface area contributed by atoms with Crippen molar-refractivity contribution in [3.8, 4) is 0 Å². The number of likely N-dealkylation sites (tertiary alicyclic amines) is 1. The fourth-order valence-electron chi connectivity index (χ4n) is 4.02. The third-order valence-corrected chi connectivity index (χ3v) is 5.24. The summed E-state index contributed by atoms with van der Waals surface area (Å²) in [5.41, 5.74) is 1.86. The van der Waals surface area contributed by atoms with E-state index >= 15 is 0 Å². The summed E-state index contributed by atoms with van der Waals surface area (Å²) in [6.45, 7) is 1.96. The molecule has 3 heterocycles. The van der Waals surface area contributed by atoms with E-state index in [4.69, 9.17) is 0 Å². The normalized spacial score (nSPS) is 24.6. The lowest BCUT2D eigenvalue weighted by molar-refractivity contribution is -0.130. The van der Waals surface area contributed by atoms with Gasteiger partial charge in [-0.1, -0.05) is 12.8 Å². The highest BCUT2D eigenvalue weighted by atomic mass is 16.2. The van der Waals surface area contributed by atoms with Crippen LogP contribution < -0.4 is 0 Å². The van der Waals surface area contributed by atoms with E-state index in [2.05, 4.69) is 19.9 Å². The third-order valence-electron chi connectivity index (χ3n) is 5.24. The SMILES string of the molecule is O=C(CCc1nc2ccncc2[nH]1)N1CC2CCCCC2C1. The highest BCUT2D eigenvalue weighted by Crippen LogP contribution is 2.36. The summed E-state index contributed by atoms with van der Waals surface area (Å²) >= 11 is 0. The molecule has 0 aromatic carbocycles. The summed E-state index contributed by atoms with van der Waals surface area (Å²) in [6.07, 6.45) is 10.1. The molecule has 0 spiro atoms. The molecule has 2 unspecified atom stereocenters.